The van der Waals surface area contributed by atoms with Crippen LogP contribution in [0.25, 0.3) is 77.3 Å². The van der Waals surface area contributed by atoms with Crippen LogP contribution in [0.15, 0.2) is 156 Å². The summed E-state index contributed by atoms with van der Waals surface area (Å²) in [5.41, 5.74) is 19.0. The van der Waals surface area contributed by atoms with E-state index in [1.165, 1.54) is 93.9 Å². The van der Waals surface area contributed by atoms with Gasteiger partial charge in [0.05, 0.1) is 11.0 Å². The zero-order valence-electron chi connectivity index (χ0n) is 28.4. The fourth-order valence-corrected chi connectivity index (χ4v) is 10.2. The maximum atomic E-state index is 6.62. The fourth-order valence-electron chi connectivity index (χ4n) is 10.2. The van der Waals surface area contributed by atoms with Crippen molar-refractivity contribution in [1.82, 2.24) is 4.57 Å². The highest BCUT2D eigenvalue weighted by Crippen LogP contribution is 2.57. The molecule has 2 aromatic heterocycles. The highest BCUT2D eigenvalue weighted by Gasteiger charge is 2.41. The zero-order valence-corrected chi connectivity index (χ0v) is 28.4. The van der Waals surface area contributed by atoms with Crippen LogP contribution in [-0.2, 0) is 5.41 Å². The first kappa shape index (κ1) is 27.7. The van der Waals surface area contributed by atoms with Gasteiger partial charge in [-0.3, -0.25) is 0 Å². The molecular formula is C49H33NO. The number of nitrogens with zero attached hydrogens (tertiary/aromatic N) is 1. The molecule has 0 radical (unpaired) electrons. The van der Waals surface area contributed by atoms with Gasteiger partial charge < -0.3 is 8.98 Å². The maximum absolute atomic E-state index is 6.62. The number of aromatic nitrogens is 1. The average molecular weight is 652 g/mol. The Morgan fingerprint density at radius 3 is 2.16 bits per heavy atom. The van der Waals surface area contributed by atoms with Crippen LogP contribution in [0.1, 0.15) is 41.7 Å². The van der Waals surface area contributed by atoms with Gasteiger partial charge in [0.2, 0.25) is 0 Å². The Bertz CT molecular complexity index is 2990. The van der Waals surface area contributed by atoms with Crippen LogP contribution >= 0.6 is 0 Å². The van der Waals surface area contributed by atoms with Gasteiger partial charge in [-0.25, -0.2) is 0 Å². The second kappa shape index (κ2) is 9.56. The van der Waals surface area contributed by atoms with Crippen molar-refractivity contribution in [3.05, 3.63) is 180 Å². The van der Waals surface area contributed by atoms with E-state index in [0.717, 1.165) is 11.2 Å². The molecule has 6 aromatic carbocycles. The summed E-state index contributed by atoms with van der Waals surface area (Å²) in [7, 11) is 0. The Morgan fingerprint density at radius 1 is 0.588 bits per heavy atom. The van der Waals surface area contributed by atoms with Crippen LogP contribution in [0.3, 0.4) is 0 Å². The monoisotopic (exact) mass is 651 g/mol. The molecule has 0 N–H and O–H groups in total. The molecular weight excluding hydrogens is 619 g/mol. The first-order valence-corrected chi connectivity index (χ1v) is 18.1. The number of para-hydroxylation sites is 2. The molecule has 0 amide bonds. The summed E-state index contributed by atoms with van der Waals surface area (Å²) < 4.78 is 9.09. The molecule has 0 bridgehead atoms. The predicted molar refractivity (Wildman–Crippen MR) is 212 cm³/mol. The number of allylic oxidation sites excluding steroid dienone is 8. The summed E-state index contributed by atoms with van der Waals surface area (Å²) >= 11 is 0. The molecule has 2 nitrogen and oxygen atoms in total. The SMILES string of the molecule is CC1(C)c2ccc3c(oc4ccccc43)c2-c2ccc3c(c21)c1ccccc1n3-c1ccc(C2=CC=C3c4ccccc4C4=CC=CC2C43)cc1. The van der Waals surface area contributed by atoms with Crippen molar-refractivity contribution in [3.63, 3.8) is 0 Å². The van der Waals surface area contributed by atoms with Gasteiger partial charge in [-0.1, -0.05) is 135 Å². The third-order valence-corrected chi connectivity index (χ3v) is 12.4. The summed E-state index contributed by atoms with van der Waals surface area (Å²) in [6.45, 7) is 4.76. The van der Waals surface area contributed by atoms with E-state index in [4.69, 9.17) is 4.42 Å². The zero-order chi connectivity index (χ0) is 33.6. The van der Waals surface area contributed by atoms with Gasteiger partial charge in [0.1, 0.15) is 11.2 Å². The third kappa shape index (κ3) is 3.43. The molecule has 0 fully saturated rings. The largest absolute Gasteiger partial charge is 0.455 e. The molecule has 4 aliphatic carbocycles. The van der Waals surface area contributed by atoms with Gasteiger partial charge in [0.25, 0.3) is 0 Å². The molecule has 51 heavy (non-hydrogen) atoms. The molecule has 0 spiro atoms. The molecule has 0 saturated heterocycles. The molecule has 2 unspecified atom stereocenters. The van der Waals surface area contributed by atoms with Crippen molar-refractivity contribution in [2.45, 2.75) is 19.3 Å². The topological polar surface area (TPSA) is 18.1 Å². The number of rotatable bonds is 2. The van der Waals surface area contributed by atoms with Crippen LogP contribution in [0, 0.1) is 11.8 Å². The van der Waals surface area contributed by atoms with E-state index < -0.39 is 0 Å². The Labute approximate surface area is 296 Å². The lowest BCUT2D eigenvalue weighted by Gasteiger charge is -2.31. The molecule has 0 aliphatic heterocycles. The molecule has 0 saturated carbocycles. The van der Waals surface area contributed by atoms with Gasteiger partial charge in [-0.2, -0.15) is 0 Å². The summed E-state index contributed by atoms with van der Waals surface area (Å²) in [4.78, 5) is 0. The molecule has 4 aliphatic rings. The Hall–Kier alpha value is -6.12. The van der Waals surface area contributed by atoms with E-state index in [9.17, 15) is 0 Å². The molecule has 2 heterocycles. The van der Waals surface area contributed by atoms with E-state index >= 15 is 0 Å². The van der Waals surface area contributed by atoms with Crippen molar-refractivity contribution in [2.24, 2.45) is 11.8 Å². The van der Waals surface area contributed by atoms with Crippen molar-refractivity contribution >= 4 is 60.5 Å². The molecule has 240 valence electrons. The fraction of sp³-hybridized carbons (Fsp3) is 0.102. The van der Waals surface area contributed by atoms with Crippen molar-refractivity contribution in [2.75, 3.05) is 0 Å². The van der Waals surface area contributed by atoms with Crippen LogP contribution < -0.4 is 0 Å². The average Bonchev–Trinajstić information content (AvgIpc) is 3.88. The lowest BCUT2D eigenvalue weighted by molar-refractivity contribution is 0.657. The van der Waals surface area contributed by atoms with E-state index in [2.05, 4.69) is 170 Å². The highest BCUT2D eigenvalue weighted by molar-refractivity contribution is 6.18. The lowest BCUT2D eigenvalue weighted by Crippen LogP contribution is -2.18. The van der Waals surface area contributed by atoms with Crippen LogP contribution in [0.4, 0.5) is 0 Å². The van der Waals surface area contributed by atoms with Crippen molar-refractivity contribution in [1.29, 1.82) is 0 Å². The minimum Gasteiger partial charge on any atom is -0.455 e. The quantitative estimate of drug-likeness (QED) is 0.182. The van der Waals surface area contributed by atoms with E-state index in [1.807, 2.05) is 0 Å². The molecule has 2 atom stereocenters. The lowest BCUT2D eigenvalue weighted by atomic mass is 9.72. The maximum Gasteiger partial charge on any atom is 0.143 e. The van der Waals surface area contributed by atoms with Gasteiger partial charge in [0, 0.05) is 50.0 Å². The summed E-state index contributed by atoms with van der Waals surface area (Å²) in [6.07, 6.45) is 11.7. The first-order valence-electron chi connectivity index (χ1n) is 18.1. The third-order valence-electron chi connectivity index (χ3n) is 12.4. The normalized spacial score (nSPS) is 19.2. The number of hydrogen-bond acceptors (Lipinski definition) is 1. The van der Waals surface area contributed by atoms with Crippen LogP contribution in [0.2, 0.25) is 0 Å². The molecule has 8 aromatic rings. The predicted octanol–water partition coefficient (Wildman–Crippen LogP) is 12.7. The second-order valence-electron chi connectivity index (χ2n) is 15.2. The molecule has 2 heteroatoms. The van der Waals surface area contributed by atoms with Gasteiger partial charge in [0.15, 0.2) is 0 Å². The van der Waals surface area contributed by atoms with E-state index in [-0.39, 0.29) is 5.41 Å². The number of fused-ring (bicyclic) bond motifs is 14. The highest BCUT2D eigenvalue weighted by atomic mass is 16.3. The van der Waals surface area contributed by atoms with Crippen molar-refractivity contribution in [3.8, 4) is 16.8 Å². The minimum absolute atomic E-state index is 0.198. The second-order valence-corrected chi connectivity index (χ2v) is 15.2. The Morgan fingerprint density at radius 2 is 1.31 bits per heavy atom. The number of hydrogen-bond donors (Lipinski definition) is 0. The number of furan rings is 1. The smallest absolute Gasteiger partial charge is 0.143 e. The summed E-state index contributed by atoms with van der Waals surface area (Å²) in [6, 6.07) is 44.8. The number of benzene rings is 6. The Kier molecular flexibility index (Phi) is 5.19. The first-order chi connectivity index (χ1) is 25.1. The summed E-state index contributed by atoms with van der Waals surface area (Å²) in [5.74, 6) is 0.723. The van der Waals surface area contributed by atoms with Gasteiger partial charge >= 0.3 is 0 Å². The van der Waals surface area contributed by atoms with Crippen LogP contribution in [-0.4, -0.2) is 4.57 Å². The van der Waals surface area contributed by atoms with Crippen LogP contribution in [0.5, 0.6) is 0 Å². The molecule has 12 rings (SSSR count). The van der Waals surface area contributed by atoms with E-state index in [1.54, 1.807) is 0 Å². The van der Waals surface area contributed by atoms with Gasteiger partial charge in [-0.05, 0) is 80.4 Å². The van der Waals surface area contributed by atoms with Crippen molar-refractivity contribution < 1.29 is 4.42 Å². The van der Waals surface area contributed by atoms with Gasteiger partial charge in [-0.15, -0.1) is 0 Å². The standard InChI is InChI=1S/C49H33NO/c1-49(2)40-26-24-37-33-12-6-8-17-43(33)51-48(37)45(40)39-25-27-42-46(47(39)49)38-13-5-7-16-41(38)50(42)29-20-18-28(19-21-29)30-22-23-36-32-11-4-3-10-31(32)35-15-9-14-34(30)44(35)36/h3-27,34,44H,1-2H3. The summed E-state index contributed by atoms with van der Waals surface area (Å²) in [5, 5.41) is 4.98. The van der Waals surface area contributed by atoms with E-state index in [0.29, 0.717) is 11.8 Å². The Balaban J connectivity index is 1.02. The minimum atomic E-state index is -0.198.